The summed E-state index contributed by atoms with van der Waals surface area (Å²) in [6.45, 7) is 5.24. The number of amides is 2. The lowest BCUT2D eigenvalue weighted by molar-refractivity contribution is -0.146. The maximum absolute atomic E-state index is 13.4. The van der Waals surface area contributed by atoms with Crippen LogP contribution in [0.2, 0.25) is 0 Å². The van der Waals surface area contributed by atoms with Gasteiger partial charge in [-0.05, 0) is 59.9 Å². The largest absolute Gasteiger partial charge is 0.416 e. The highest BCUT2D eigenvalue weighted by Crippen LogP contribution is 2.37. The van der Waals surface area contributed by atoms with Gasteiger partial charge in [0.25, 0.3) is 11.8 Å². The van der Waals surface area contributed by atoms with Crippen molar-refractivity contribution >= 4 is 23.2 Å². The third-order valence-corrected chi connectivity index (χ3v) is 7.17. The maximum Gasteiger partial charge on any atom is 0.416 e. The summed E-state index contributed by atoms with van der Waals surface area (Å²) in [4.78, 5) is 30.4. The molecule has 230 valence electrons. The Kier molecular flexibility index (Phi) is 10.1. The van der Waals surface area contributed by atoms with Crippen molar-refractivity contribution in [2.45, 2.75) is 64.5 Å². The number of benzene rings is 1. The molecule has 0 bridgehead atoms. The van der Waals surface area contributed by atoms with Gasteiger partial charge in [0.2, 0.25) is 5.91 Å². The topological polar surface area (TPSA) is 138 Å². The van der Waals surface area contributed by atoms with Gasteiger partial charge in [0.05, 0.1) is 28.0 Å². The minimum atomic E-state index is -5.03. The number of carbonyl (C=O) groups excluding carboxylic acids is 2. The number of aliphatic hydroxyl groups excluding tert-OH is 1. The Morgan fingerprint density at radius 1 is 1.02 bits per heavy atom. The Balaban J connectivity index is 1.83. The molecule has 0 aliphatic carbocycles. The fourth-order valence-corrected chi connectivity index (χ4v) is 4.79. The lowest BCUT2D eigenvalue weighted by atomic mass is 9.85. The number of aromatic nitrogens is 2. The van der Waals surface area contributed by atoms with Crippen LogP contribution in [0.4, 0.5) is 26.3 Å². The van der Waals surface area contributed by atoms with Gasteiger partial charge < -0.3 is 14.9 Å². The van der Waals surface area contributed by atoms with Crippen LogP contribution in [-0.4, -0.2) is 38.4 Å². The SMILES string of the molecule is CC(C)(C)[C@H](NC(=O)[C@H](CCCc1cc(C(F)(F)F)cc(C(F)(F)F)c1)[C@H](O)C(=O)NO)c1noc(-c2cccs2)n1. The molecule has 0 saturated carbocycles. The average molecular weight is 623 g/mol. The van der Waals surface area contributed by atoms with Gasteiger partial charge >= 0.3 is 12.4 Å². The molecule has 0 spiro atoms. The highest BCUT2D eigenvalue weighted by atomic mass is 32.1. The summed E-state index contributed by atoms with van der Waals surface area (Å²) < 4.78 is 84.7. The van der Waals surface area contributed by atoms with Gasteiger partial charge in [0.15, 0.2) is 5.82 Å². The normalized spacial score (nSPS) is 14.7. The summed E-state index contributed by atoms with van der Waals surface area (Å²) in [5.41, 5.74) is -2.78. The van der Waals surface area contributed by atoms with E-state index in [-0.39, 0.29) is 42.6 Å². The fraction of sp³-hybridized carbons (Fsp3) is 0.462. The lowest BCUT2D eigenvalue weighted by Crippen LogP contribution is -2.48. The van der Waals surface area contributed by atoms with E-state index in [0.29, 0.717) is 17.0 Å². The van der Waals surface area contributed by atoms with E-state index in [1.807, 2.05) is 0 Å². The van der Waals surface area contributed by atoms with Gasteiger partial charge in [-0.3, -0.25) is 14.8 Å². The van der Waals surface area contributed by atoms with Crippen LogP contribution in [-0.2, 0) is 28.4 Å². The molecule has 3 atom stereocenters. The molecule has 2 amide bonds. The Bertz CT molecular complexity index is 1340. The first-order chi connectivity index (χ1) is 19.4. The number of aryl methyl sites for hydroxylation is 1. The average Bonchev–Trinajstić information content (AvgIpc) is 3.59. The summed E-state index contributed by atoms with van der Waals surface area (Å²) in [5.74, 6) is -3.51. The van der Waals surface area contributed by atoms with Crippen LogP contribution < -0.4 is 10.8 Å². The van der Waals surface area contributed by atoms with Crippen LogP contribution in [0.5, 0.6) is 0 Å². The number of nitrogens with zero attached hydrogens (tertiary/aromatic N) is 2. The summed E-state index contributed by atoms with van der Waals surface area (Å²) in [5, 5.41) is 27.9. The Morgan fingerprint density at radius 3 is 2.14 bits per heavy atom. The first-order valence-corrected chi connectivity index (χ1v) is 13.4. The van der Waals surface area contributed by atoms with Crippen LogP contribution in [0, 0.1) is 11.3 Å². The van der Waals surface area contributed by atoms with Gasteiger partial charge in [-0.15, -0.1) is 11.3 Å². The van der Waals surface area contributed by atoms with Crippen LogP contribution in [0.1, 0.15) is 62.2 Å². The second-order valence-electron chi connectivity index (χ2n) is 10.6. The number of hydroxylamine groups is 1. The first kappa shape index (κ1) is 33.0. The standard InChI is InChI=1S/C26H28F6N4O5S/c1-24(2,3)19(20-34-23(41-36-20)17-8-5-9-42-17)33-21(38)16(18(37)22(39)35-40)7-4-6-13-10-14(25(27,28)29)12-15(11-13)26(30,31)32/h5,8-12,16,18-19,37,40H,4,6-7H2,1-3H3,(H,33,38)(H,35,39)/t16-,18+,19-/m1/s1. The van der Waals surface area contributed by atoms with E-state index in [2.05, 4.69) is 15.5 Å². The molecule has 2 aromatic heterocycles. The van der Waals surface area contributed by atoms with Crippen molar-refractivity contribution in [3.63, 3.8) is 0 Å². The summed E-state index contributed by atoms with van der Waals surface area (Å²) in [6.07, 6.45) is -13.1. The summed E-state index contributed by atoms with van der Waals surface area (Å²) in [7, 11) is 0. The molecular formula is C26H28F6N4O5S. The van der Waals surface area contributed by atoms with E-state index >= 15 is 0 Å². The number of aliphatic hydroxyl groups is 1. The third-order valence-electron chi connectivity index (χ3n) is 6.31. The zero-order valence-electron chi connectivity index (χ0n) is 22.5. The molecule has 1 aromatic carbocycles. The van der Waals surface area contributed by atoms with Gasteiger partial charge in [-0.25, -0.2) is 5.48 Å². The number of alkyl halides is 6. The van der Waals surface area contributed by atoms with Crippen molar-refractivity contribution in [1.82, 2.24) is 20.9 Å². The molecule has 0 fully saturated rings. The molecule has 3 aromatic rings. The van der Waals surface area contributed by atoms with Crippen molar-refractivity contribution in [1.29, 1.82) is 0 Å². The lowest BCUT2D eigenvalue weighted by Gasteiger charge is -2.31. The minimum Gasteiger partial charge on any atom is -0.382 e. The second kappa shape index (κ2) is 12.8. The zero-order chi connectivity index (χ0) is 31.5. The zero-order valence-corrected chi connectivity index (χ0v) is 23.3. The molecule has 42 heavy (non-hydrogen) atoms. The van der Waals surface area contributed by atoms with E-state index in [0.717, 1.165) is 0 Å². The number of thiophene rings is 1. The molecule has 4 N–H and O–H groups in total. The molecule has 9 nitrogen and oxygen atoms in total. The highest BCUT2D eigenvalue weighted by molar-refractivity contribution is 7.13. The van der Waals surface area contributed by atoms with Gasteiger partial charge in [-0.2, -0.15) is 31.3 Å². The summed E-state index contributed by atoms with van der Waals surface area (Å²) in [6, 6.07) is 3.75. The van der Waals surface area contributed by atoms with Crippen LogP contribution in [0.3, 0.4) is 0 Å². The third kappa shape index (κ3) is 8.29. The Labute approximate surface area is 239 Å². The predicted octanol–water partition coefficient (Wildman–Crippen LogP) is 5.54. The molecule has 0 aliphatic rings. The van der Waals surface area contributed by atoms with Crippen molar-refractivity contribution in [2.24, 2.45) is 11.3 Å². The fourth-order valence-electron chi connectivity index (χ4n) is 4.14. The Morgan fingerprint density at radius 2 is 1.64 bits per heavy atom. The number of hydrogen-bond donors (Lipinski definition) is 4. The van der Waals surface area contributed by atoms with E-state index < -0.39 is 58.8 Å². The highest BCUT2D eigenvalue weighted by Gasteiger charge is 2.39. The molecule has 2 heterocycles. The molecule has 3 rings (SSSR count). The first-order valence-electron chi connectivity index (χ1n) is 12.5. The van der Waals surface area contributed by atoms with Gasteiger partial charge in [0.1, 0.15) is 6.10 Å². The molecule has 0 saturated heterocycles. The van der Waals surface area contributed by atoms with Gasteiger partial charge in [-0.1, -0.05) is 32.0 Å². The maximum atomic E-state index is 13.4. The van der Waals surface area contributed by atoms with Crippen molar-refractivity contribution in [3.8, 4) is 10.8 Å². The molecule has 0 radical (unpaired) electrons. The predicted molar refractivity (Wildman–Crippen MR) is 137 cm³/mol. The summed E-state index contributed by atoms with van der Waals surface area (Å²) >= 11 is 1.34. The van der Waals surface area contributed by atoms with E-state index in [1.165, 1.54) is 16.8 Å². The van der Waals surface area contributed by atoms with Crippen LogP contribution in [0.15, 0.2) is 40.2 Å². The number of rotatable bonds is 10. The van der Waals surface area contributed by atoms with Crippen molar-refractivity contribution in [2.75, 3.05) is 0 Å². The van der Waals surface area contributed by atoms with Crippen molar-refractivity contribution < 1.29 is 50.8 Å². The number of carbonyl (C=O) groups is 2. The molecule has 0 aliphatic heterocycles. The van der Waals surface area contributed by atoms with E-state index in [9.17, 15) is 41.0 Å². The molecular weight excluding hydrogens is 594 g/mol. The van der Waals surface area contributed by atoms with Crippen LogP contribution >= 0.6 is 11.3 Å². The second-order valence-corrected chi connectivity index (χ2v) is 11.5. The van der Waals surface area contributed by atoms with Crippen LogP contribution in [0.25, 0.3) is 10.8 Å². The molecule has 16 heteroatoms. The van der Waals surface area contributed by atoms with E-state index in [1.54, 1.807) is 38.3 Å². The Hall–Kier alpha value is -3.50. The monoisotopic (exact) mass is 622 g/mol. The van der Waals surface area contributed by atoms with Crippen molar-refractivity contribution in [3.05, 3.63) is 58.2 Å². The number of halogens is 6. The number of hydrogen-bond acceptors (Lipinski definition) is 8. The quantitative estimate of drug-likeness (QED) is 0.132. The van der Waals surface area contributed by atoms with Gasteiger partial charge in [0, 0.05) is 0 Å². The number of nitrogens with one attached hydrogen (secondary N) is 2. The smallest absolute Gasteiger partial charge is 0.382 e. The molecule has 0 unspecified atom stereocenters. The van der Waals surface area contributed by atoms with E-state index in [4.69, 9.17) is 9.73 Å². The minimum absolute atomic E-state index is 0.00350.